The van der Waals surface area contributed by atoms with Crippen molar-refractivity contribution >= 4 is 0 Å². The van der Waals surface area contributed by atoms with E-state index in [-0.39, 0.29) is 11.2 Å². The molecule has 0 atom stereocenters. The molecule has 0 fully saturated rings. The summed E-state index contributed by atoms with van der Waals surface area (Å²) in [6.45, 7) is 2.26. The quantitative estimate of drug-likeness (QED) is 0.692. The first-order valence-corrected chi connectivity index (χ1v) is 6.00. The van der Waals surface area contributed by atoms with Crippen molar-refractivity contribution in [1.82, 2.24) is 0 Å². The van der Waals surface area contributed by atoms with Crippen molar-refractivity contribution in [3.8, 4) is 0 Å². The van der Waals surface area contributed by atoms with Crippen LogP contribution < -0.4 is 0 Å². The average Bonchev–Trinajstić information content (AvgIpc) is 2.67. The highest BCUT2D eigenvalue weighted by Gasteiger charge is 2.33. The largest absolute Gasteiger partial charge is 0.207 e. The number of halogens is 1. The average molecular weight is 226 g/mol. The minimum atomic E-state index is -0.159. The van der Waals surface area contributed by atoms with Gasteiger partial charge in [0.2, 0.25) is 0 Å². The minimum absolute atomic E-state index is 0.122. The molecule has 0 spiro atoms. The van der Waals surface area contributed by atoms with Gasteiger partial charge in [-0.2, -0.15) is 0 Å². The van der Waals surface area contributed by atoms with Crippen LogP contribution in [-0.2, 0) is 18.3 Å². The van der Waals surface area contributed by atoms with E-state index in [1.165, 1.54) is 16.7 Å². The standard InChI is InChI=1S/C16H15F/c1-16(14-6-8-15(17)9-7-14)10-12-4-2-3-5-13(12)11-16/h2-9H,10-11H2,1H3. The number of benzene rings is 2. The maximum absolute atomic E-state index is 13.0. The molecule has 0 amide bonds. The summed E-state index contributed by atoms with van der Waals surface area (Å²) >= 11 is 0. The molecule has 0 N–H and O–H groups in total. The van der Waals surface area contributed by atoms with Crippen LogP contribution in [0, 0.1) is 5.82 Å². The number of fused-ring (bicyclic) bond motifs is 1. The highest BCUT2D eigenvalue weighted by atomic mass is 19.1. The van der Waals surface area contributed by atoms with Crippen molar-refractivity contribution in [1.29, 1.82) is 0 Å². The van der Waals surface area contributed by atoms with Crippen molar-refractivity contribution < 1.29 is 4.39 Å². The fraction of sp³-hybridized carbons (Fsp3) is 0.250. The van der Waals surface area contributed by atoms with Crippen molar-refractivity contribution in [2.75, 3.05) is 0 Å². The van der Waals surface area contributed by atoms with Gasteiger partial charge in [-0.05, 0) is 41.7 Å². The maximum atomic E-state index is 13.0. The second-order valence-corrected chi connectivity index (χ2v) is 5.19. The van der Waals surface area contributed by atoms with E-state index in [9.17, 15) is 4.39 Å². The molecule has 2 aromatic rings. The van der Waals surface area contributed by atoms with Crippen LogP contribution in [0.15, 0.2) is 48.5 Å². The second-order valence-electron chi connectivity index (χ2n) is 5.19. The van der Waals surface area contributed by atoms with Gasteiger partial charge in [0.05, 0.1) is 0 Å². The predicted molar refractivity (Wildman–Crippen MR) is 67.6 cm³/mol. The molecular weight excluding hydrogens is 211 g/mol. The lowest BCUT2D eigenvalue weighted by Crippen LogP contribution is -2.22. The Bertz CT molecular complexity index is 515. The van der Waals surface area contributed by atoms with E-state index >= 15 is 0 Å². The summed E-state index contributed by atoms with van der Waals surface area (Å²) in [4.78, 5) is 0. The van der Waals surface area contributed by atoms with Gasteiger partial charge in [-0.15, -0.1) is 0 Å². The summed E-state index contributed by atoms with van der Waals surface area (Å²) < 4.78 is 13.0. The fourth-order valence-electron chi connectivity index (χ4n) is 2.86. The summed E-state index contributed by atoms with van der Waals surface area (Å²) in [5, 5.41) is 0. The first kappa shape index (κ1) is 10.5. The molecule has 0 aliphatic heterocycles. The van der Waals surface area contributed by atoms with Crippen LogP contribution in [-0.4, -0.2) is 0 Å². The molecule has 1 aliphatic rings. The molecule has 0 aromatic heterocycles. The van der Waals surface area contributed by atoms with Crippen molar-refractivity contribution in [3.05, 3.63) is 71.0 Å². The Labute approximate surface area is 101 Å². The van der Waals surface area contributed by atoms with E-state index in [0.29, 0.717) is 0 Å². The smallest absolute Gasteiger partial charge is 0.123 e. The summed E-state index contributed by atoms with van der Waals surface area (Å²) in [7, 11) is 0. The highest BCUT2D eigenvalue weighted by molar-refractivity contribution is 5.41. The molecule has 1 aliphatic carbocycles. The third kappa shape index (κ3) is 1.76. The Morgan fingerprint density at radius 1 is 0.882 bits per heavy atom. The zero-order valence-corrected chi connectivity index (χ0v) is 9.91. The van der Waals surface area contributed by atoms with Crippen LogP contribution in [0.1, 0.15) is 23.6 Å². The van der Waals surface area contributed by atoms with Crippen LogP contribution in [0.4, 0.5) is 4.39 Å². The van der Waals surface area contributed by atoms with E-state index in [0.717, 1.165) is 12.8 Å². The number of hydrogen-bond donors (Lipinski definition) is 0. The first-order chi connectivity index (χ1) is 8.17. The van der Waals surface area contributed by atoms with Gasteiger partial charge >= 0.3 is 0 Å². The molecule has 2 aromatic carbocycles. The third-order valence-electron chi connectivity index (χ3n) is 3.82. The van der Waals surface area contributed by atoms with E-state index in [1.807, 2.05) is 12.1 Å². The molecule has 0 bridgehead atoms. The van der Waals surface area contributed by atoms with Gasteiger partial charge in [0.15, 0.2) is 0 Å². The molecule has 0 unspecified atom stereocenters. The molecule has 17 heavy (non-hydrogen) atoms. The molecule has 0 heterocycles. The van der Waals surface area contributed by atoms with Crippen molar-refractivity contribution in [3.63, 3.8) is 0 Å². The van der Waals surface area contributed by atoms with E-state index < -0.39 is 0 Å². The predicted octanol–water partition coefficient (Wildman–Crippen LogP) is 3.88. The van der Waals surface area contributed by atoms with Crippen LogP contribution in [0.3, 0.4) is 0 Å². The summed E-state index contributed by atoms with van der Waals surface area (Å²) in [5.41, 5.74) is 4.21. The SMILES string of the molecule is CC1(c2ccc(F)cc2)Cc2ccccc2C1. The van der Waals surface area contributed by atoms with Crippen LogP contribution in [0.2, 0.25) is 0 Å². The maximum Gasteiger partial charge on any atom is 0.123 e. The lowest BCUT2D eigenvalue weighted by Gasteiger charge is -2.24. The van der Waals surface area contributed by atoms with Crippen LogP contribution in [0.5, 0.6) is 0 Å². The number of rotatable bonds is 1. The topological polar surface area (TPSA) is 0 Å². The normalized spacial score (nSPS) is 16.8. The Hall–Kier alpha value is -1.63. The Morgan fingerprint density at radius 2 is 1.41 bits per heavy atom. The van der Waals surface area contributed by atoms with Crippen LogP contribution in [0.25, 0.3) is 0 Å². The van der Waals surface area contributed by atoms with Crippen molar-refractivity contribution in [2.45, 2.75) is 25.2 Å². The lowest BCUT2D eigenvalue weighted by molar-refractivity contribution is 0.501. The molecule has 0 saturated heterocycles. The lowest BCUT2D eigenvalue weighted by atomic mass is 9.80. The first-order valence-electron chi connectivity index (χ1n) is 6.00. The minimum Gasteiger partial charge on any atom is -0.207 e. The molecule has 0 saturated carbocycles. The number of hydrogen-bond acceptors (Lipinski definition) is 0. The van der Waals surface area contributed by atoms with Gasteiger partial charge in [-0.3, -0.25) is 0 Å². The summed E-state index contributed by atoms with van der Waals surface area (Å²) in [6, 6.07) is 15.5. The Balaban J connectivity index is 1.98. The van der Waals surface area contributed by atoms with E-state index in [2.05, 4.69) is 31.2 Å². The highest BCUT2D eigenvalue weighted by Crippen LogP contribution is 2.39. The summed E-state index contributed by atoms with van der Waals surface area (Å²) in [5.74, 6) is -0.159. The van der Waals surface area contributed by atoms with Gasteiger partial charge in [0, 0.05) is 5.41 Å². The molecule has 0 nitrogen and oxygen atoms in total. The van der Waals surface area contributed by atoms with E-state index in [4.69, 9.17) is 0 Å². The van der Waals surface area contributed by atoms with Crippen LogP contribution >= 0.6 is 0 Å². The monoisotopic (exact) mass is 226 g/mol. The molecule has 1 heteroatoms. The Morgan fingerprint density at radius 3 is 1.94 bits per heavy atom. The molecule has 86 valence electrons. The molecule has 0 radical (unpaired) electrons. The zero-order chi connectivity index (χ0) is 11.9. The van der Waals surface area contributed by atoms with Gasteiger partial charge in [-0.25, -0.2) is 4.39 Å². The fourth-order valence-corrected chi connectivity index (χ4v) is 2.86. The second kappa shape index (κ2) is 3.69. The van der Waals surface area contributed by atoms with Gasteiger partial charge in [0.1, 0.15) is 5.82 Å². The zero-order valence-electron chi connectivity index (χ0n) is 9.91. The van der Waals surface area contributed by atoms with Gasteiger partial charge in [-0.1, -0.05) is 43.3 Å². The summed E-state index contributed by atoms with van der Waals surface area (Å²) in [6.07, 6.45) is 2.10. The molecular formula is C16H15F. The molecule has 3 rings (SSSR count). The van der Waals surface area contributed by atoms with E-state index in [1.54, 1.807) is 12.1 Å². The van der Waals surface area contributed by atoms with Gasteiger partial charge in [0.25, 0.3) is 0 Å². The van der Waals surface area contributed by atoms with Crippen molar-refractivity contribution in [2.24, 2.45) is 0 Å². The Kier molecular flexibility index (Phi) is 2.29. The van der Waals surface area contributed by atoms with Gasteiger partial charge < -0.3 is 0 Å². The third-order valence-corrected chi connectivity index (χ3v) is 3.82.